The maximum Gasteiger partial charge on any atom is 0.330 e. The summed E-state index contributed by atoms with van der Waals surface area (Å²) in [4.78, 5) is 14.0. The normalized spacial score (nSPS) is 15.7. The molecule has 0 N–H and O–H groups in total. The van der Waals surface area contributed by atoms with E-state index in [2.05, 4.69) is 4.98 Å². The molecule has 1 heterocycles. The predicted octanol–water partition coefficient (Wildman–Crippen LogP) is 2.17. The fraction of sp³-hybridized carbons (Fsp3) is 0.500. The fourth-order valence-corrected chi connectivity index (χ4v) is 1.49. The van der Waals surface area contributed by atoms with Gasteiger partial charge in [0.25, 0.3) is 5.88 Å². The monoisotopic (exact) mass is 208 g/mol. The van der Waals surface area contributed by atoms with E-state index in [-0.39, 0.29) is 11.6 Å². The SMILES string of the molecule is O=[N+]([O-])c1cccnc1OCC1CCC1. The molecule has 80 valence electrons. The Hall–Kier alpha value is -1.65. The number of hydrogen-bond donors (Lipinski definition) is 0. The van der Waals surface area contributed by atoms with Gasteiger partial charge in [-0.3, -0.25) is 10.1 Å². The first kappa shape index (κ1) is 9.89. The molecule has 0 bridgehead atoms. The van der Waals surface area contributed by atoms with Crippen LogP contribution < -0.4 is 4.74 Å². The van der Waals surface area contributed by atoms with Crippen molar-refractivity contribution in [1.29, 1.82) is 0 Å². The minimum absolute atomic E-state index is 0.0585. The molecular formula is C10H12N2O3. The van der Waals surface area contributed by atoms with E-state index < -0.39 is 4.92 Å². The largest absolute Gasteiger partial charge is 0.473 e. The average molecular weight is 208 g/mol. The predicted molar refractivity (Wildman–Crippen MR) is 53.7 cm³/mol. The van der Waals surface area contributed by atoms with Gasteiger partial charge in [-0.1, -0.05) is 6.42 Å². The van der Waals surface area contributed by atoms with Gasteiger partial charge < -0.3 is 4.74 Å². The third-order valence-corrected chi connectivity index (χ3v) is 2.63. The Labute approximate surface area is 87.2 Å². The summed E-state index contributed by atoms with van der Waals surface area (Å²) in [7, 11) is 0. The van der Waals surface area contributed by atoms with Crippen molar-refractivity contribution in [3.8, 4) is 5.88 Å². The number of hydrogen-bond acceptors (Lipinski definition) is 4. The Morgan fingerprint density at radius 1 is 1.60 bits per heavy atom. The summed E-state index contributed by atoms with van der Waals surface area (Å²) in [6, 6.07) is 2.94. The molecule has 0 aliphatic heterocycles. The zero-order valence-electron chi connectivity index (χ0n) is 8.26. The number of nitrogens with zero attached hydrogens (tertiary/aromatic N) is 2. The summed E-state index contributed by atoms with van der Waals surface area (Å²) in [5, 5.41) is 10.6. The molecule has 15 heavy (non-hydrogen) atoms. The van der Waals surface area contributed by atoms with Gasteiger partial charge in [0.15, 0.2) is 0 Å². The lowest BCUT2D eigenvalue weighted by Crippen LogP contribution is -2.19. The van der Waals surface area contributed by atoms with Gasteiger partial charge in [-0.15, -0.1) is 0 Å². The summed E-state index contributed by atoms with van der Waals surface area (Å²) >= 11 is 0. The van der Waals surface area contributed by atoms with Crippen molar-refractivity contribution < 1.29 is 9.66 Å². The minimum Gasteiger partial charge on any atom is -0.473 e. The third kappa shape index (κ3) is 2.23. The van der Waals surface area contributed by atoms with Crippen molar-refractivity contribution >= 4 is 5.69 Å². The number of pyridine rings is 1. The number of ether oxygens (including phenoxy) is 1. The molecule has 5 nitrogen and oxygen atoms in total. The summed E-state index contributed by atoms with van der Waals surface area (Å²) in [5.41, 5.74) is -0.0585. The summed E-state index contributed by atoms with van der Waals surface area (Å²) in [6.45, 7) is 0.540. The molecule has 0 aromatic carbocycles. The summed E-state index contributed by atoms with van der Waals surface area (Å²) in [6.07, 6.45) is 5.04. The first-order valence-corrected chi connectivity index (χ1v) is 4.99. The van der Waals surface area contributed by atoms with Crippen LogP contribution in [0.15, 0.2) is 18.3 Å². The molecule has 0 spiro atoms. The molecular weight excluding hydrogens is 196 g/mol. The third-order valence-electron chi connectivity index (χ3n) is 2.63. The molecule has 1 aliphatic rings. The van der Waals surface area contributed by atoms with E-state index in [9.17, 15) is 10.1 Å². The Kier molecular flexibility index (Phi) is 2.80. The van der Waals surface area contributed by atoms with Crippen LogP contribution in [0.3, 0.4) is 0 Å². The van der Waals surface area contributed by atoms with Crippen LogP contribution in [0.4, 0.5) is 5.69 Å². The zero-order valence-corrected chi connectivity index (χ0v) is 8.26. The minimum atomic E-state index is -0.469. The number of aromatic nitrogens is 1. The average Bonchev–Trinajstić information content (AvgIpc) is 2.16. The van der Waals surface area contributed by atoms with Crippen LogP contribution in [0.25, 0.3) is 0 Å². The molecule has 0 amide bonds. The van der Waals surface area contributed by atoms with E-state index in [1.54, 1.807) is 0 Å². The van der Waals surface area contributed by atoms with E-state index in [0.29, 0.717) is 12.5 Å². The zero-order chi connectivity index (χ0) is 10.7. The molecule has 0 atom stereocenters. The van der Waals surface area contributed by atoms with E-state index in [1.807, 2.05) is 0 Å². The van der Waals surface area contributed by atoms with E-state index in [4.69, 9.17) is 4.74 Å². The smallest absolute Gasteiger partial charge is 0.330 e. The second-order valence-electron chi connectivity index (χ2n) is 3.69. The first-order chi connectivity index (χ1) is 7.27. The van der Waals surface area contributed by atoms with Gasteiger partial charge in [0.2, 0.25) is 0 Å². The van der Waals surface area contributed by atoms with Crippen molar-refractivity contribution in [2.24, 2.45) is 5.92 Å². The molecule has 0 radical (unpaired) electrons. The topological polar surface area (TPSA) is 65.3 Å². The maximum absolute atomic E-state index is 10.6. The van der Waals surface area contributed by atoms with Gasteiger partial charge in [0.05, 0.1) is 11.5 Å². The lowest BCUT2D eigenvalue weighted by Gasteiger charge is -2.24. The molecule has 5 heteroatoms. The van der Waals surface area contributed by atoms with Crippen molar-refractivity contribution in [1.82, 2.24) is 4.98 Å². The van der Waals surface area contributed by atoms with Crippen molar-refractivity contribution in [2.45, 2.75) is 19.3 Å². The second-order valence-corrected chi connectivity index (χ2v) is 3.69. The van der Waals surface area contributed by atoms with Gasteiger partial charge in [0.1, 0.15) is 0 Å². The van der Waals surface area contributed by atoms with Gasteiger partial charge in [-0.05, 0) is 24.8 Å². The van der Waals surface area contributed by atoms with Crippen LogP contribution in [0.5, 0.6) is 5.88 Å². The van der Waals surface area contributed by atoms with E-state index in [1.165, 1.54) is 24.8 Å². The van der Waals surface area contributed by atoms with Gasteiger partial charge in [0, 0.05) is 12.3 Å². The van der Waals surface area contributed by atoms with Crippen LogP contribution >= 0.6 is 0 Å². The molecule has 1 saturated carbocycles. The van der Waals surface area contributed by atoms with Gasteiger partial charge in [-0.25, -0.2) is 4.98 Å². The van der Waals surface area contributed by atoms with Crippen LogP contribution in [-0.4, -0.2) is 16.5 Å². The Morgan fingerprint density at radius 3 is 3.00 bits per heavy atom. The molecule has 1 aromatic rings. The second kappa shape index (κ2) is 4.25. The molecule has 1 aliphatic carbocycles. The summed E-state index contributed by atoms with van der Waals surface area (Å²) < 4.78 is 5.35. The van der Waals surface area contributed by atoms with E-state index >= 15 is 0 Å². The maximum atomic E-state index is 10.6. The Morgan fingerprint density at radius 2 is 2.40 bits per heavy atom. The Bertz CT molecular complexity index is 363. The molecule has 2 rings (SSSR count). The van der Waals surface area contributed by atoms with Crippen LogP contribution in [0.1, 0.15) is 19.3 Å². The summed E-state index contributed by atoms with van der Waals surface area (Å²) in [5.74, 6) is 0.681. The highest BCUT2D eigenvalue weighted by molar-refractivity contribution is 5.39. The van der Waals surface area contributed by atoms with Crippen LogP contribution in [-0.2, 0) is 0 Å². The number of rotatable bonds is 4. The molecule has 1 fully saturated rings. The van der Waals surface area contributed by atoms with Crippen LogP contribution in [0, 0.1) is 16.0 Å². The lowest BCUT2D eigenvalue weighted by molar-refractivity contribution is -0.386. The quantitative estimate of drug-likeness (QED) is 0.561. The fourth-order valence-electron chi connectivity index (χ4n) is 1.49. The highest BCUT2D eigenvalue weighted by Crippen LogP contribution is 2.29. The first-order valence-electron chi connectivity index (χ1n) is 4.99. The van der Waals surface area contributed by atoms with Gasteiger partial charge >= 0.3 is 5.69 Å². The highest BCUT2D eigenvalue weighted by Gasteiger charge is 2.21. The Balaban J connectivity index is 2.02. The number of nitro groups is 1. The van der Waals surface area contributed by atoms with Crippen molar-refractivity contribution in [3.63, 3.8) is 0 Å². The van der Waals surface area contributed by atoms with Crippen molar-refractivity contribution in [3.05, 3.63) is 28.4 Å². The van der Waals surface area contributed by atoms with Crippen LogP contribution in [0.2, 0.25) is 0 Å². The van der Waals surface area contributed by atoms with Crippen molar-refractivity contribution in [2.75, 3.05) is 6.61 Å². The highest BCUT2D eigenvalue weighted by atomic mass is 16.6. The lowest BCUT2D eigenvalue weighted by atomic mass is 9.86. The standard InChI is InChI=1S/C10H12N2O3/c13-12(14)9-5-2-6-11-10(9)15-7-8-3-1-4-8/h2,5-6,8H,1,3-4,7H2. The van der Waals surface area contributed by atoms with Gasteiger partial charge in [-0.2, -0.15) is 0 Å². The van der Waals surface area contributed by atoms with E-state index in [0.717, 1.165) is 12.8 Å². The molecule has 0 saturated heterocycles. The molecule has 0 unspecified atom stereocenters. The molecule has 1 aromatic heterocycles.